The van der Waals surface area contributed by atoms with Crippen LogP contribution in [0.3, 0.4) is 0 Å². The number of aromatic nitrogens is 3. The zero-order chi connectivity index (χ0) is 16.9. The van der Waals surface area contributed by atoms with Crippen molar-refractivity contribution in [2.24, 2.45) is 0 Å². The molecule has 0 bridgehead atoms. The number of nitrogens with one attached hydrogen (secondary N) is 1. The summed E-state index contributed by atoms with van der Waals surface area (Å²) in [5.74, 6) is 1.50. The largest absolute Gasteiger partial charge is 0.342 e. The fraction of sp³-hybridized carbons (Fsp3) is 0.235. The fourth-order valence-electron chi connectivity index (χ4n) is 2.44. The first-order chi connectivity index (χ1) is 11.7. The van der Waals surface area contributed by atoms with Gasteiger partial charge in [0, 0.05) is 16.8 Å². The van der Waals surface area contributed by atoms with Crippen molar-refractivity contribution in [3.05, 3.63) is 65.1 Å². The number of hydrogen-bond acceptors (Lipinski definition) is 4. The Kier molecular flexibility index (Phi) is 5.37. The summed E-state index contributed by atoms with van der Waals surface area (Å²) < 4.78 is 1.91. The third kappa shape index (κ3) is 3.71. The summed E-state index contributed by atoms with van der Waals surface area (Å²) in [6.45, 7) is 0. The van der Waals surface area contributed by atoms with Crippen LogP contribution in [0.2, 0.25) is 5.02 Å². The Balaban J connectivity index is 1.86. The Labute approximate surface area is 149 Å². The zero-order valence-electron chi connectivity index (χ0n) is 13.1. The smallest absolute Gasteiger partial charge is 0.251 e. The van der Waals surface area contributed by atoms with Gasteiger partial charge in [-0.05, 0) is 54.8 Å². The fourth-order valence-corrected chi connectivity index (χ4v) is 3.04. The maximum Gasteiger partial charge on any atom is 0.251 e. The van der Waals surface area contributed by atoms with Gasteiger partial charge in [-0.2, -0.15) is 11.8 Å². The second-order valence-corrected chi connectivity index (χ2v) is 6.72. The molecule has 1 unspecified atom stereocenters. The summed E-state index contributed by atoms with van der Waals surface area (Å²) in [4.78, 5) is 12.5. The number of halogens is 1. The number of amides is 1. The van der Waals surface area contributed by atoms with Crippen molar-refractivity contribution in [3.8, 4) is 0 Å². The van der Waals surface area contributed by atoms with Crippen LogP contribution in [-0.2, 0) is 0 Å². The number of fused-ring (bicyclic) bond motifs is 1. The van der Waals surface area contributed by atoms with E-state index in [1.807, 2.05) is 35.1 Å². The zero-order valence-corrected chi connectivity index (χ0v) is 14.7. The molecule has 3 aromatic rings. The average molecular weight is 361 g/mol. The number of hydrogen-bond donors (Lipinski definition) is 1. The first-order valence-electron chi connectivity index (χ1n) is 7.54. The van der Waals surface area contributed by atoms with Gasteiger partial charge in [-0.15, -0.1) is 10.2 Å². The first kappa shape index (κ1) is 16.8. The van der Waals surface area contributed by atoms with Crippen molar-refractivity contribution in [1.29, 1.82) is 0 Å². The molecule has 0 spiro atoms. The lowest BCUT2D eigenvalue weighted by Crippen LogP contribution is -2.30. The predicted molar refractivity (Wildman–Crippen MR) is 97.6 cm³/mol. The third-order valence-electron chi connectivity index (χ3n) is 3.67. The maximum atomic E-state index is 12.5. The van der Waals surface area contributed by atoms with Crippen molar-refractivity contribution >= 4 is 34.9 Å². The molecule has 0 radical (unpaired) electrons. The van der Waals surface area contributed by atoms with Crippen molar-refractivity contribution in [2.45, 2.75) is 12.5 Å². The lowest BCUT2D eigenvalue weighted by atomic mass is 10.1. The van der Waals surface area contributed by atoms with Gasteiger partial charge in [0.1, 0.15) is 0 Å². The molecular formula is C17H17ClN4OS. The molecule has 0 aliphatic heterocycles. The monoisotopic (exact) mass is 360 g/mol. The molecule has 0 saturated carbocycles. The van der Waals surface area contributed by atoms with Crippen LogP contribution in [0, 0.1) is 0 Å². The van der Waals surface area contributed by atoms with Gasteiger partial charge in [0.05, 0.1) is 6.04 Å². The van der Waals surface area contributed by atoms with E-state index in [0.29, 0.717) is 10.6 Å². The third-order valence-corrected chi connectivity index (χ3v) is 4.57. The molecule has 7 heteroatoms. The van der Waals surface area contributed by atoms with Crippen LogP contribution in [0.1, 0.15) is 28.6 Å². The van der Waals surface area contributed by atoms with Crippen LogP contribution >= 0.6 is 23.4 Å². The van der Waals surface area contributed by atoms with E-state index in [1.165, 1.54) is 0 Å². The Morgan fingerprint density at radius 3 is 2.79 bits per heavy atom. The Morgan fingerprint density at radius 2 is 2.04 bits per heavy atom. The van der Waals surface area contributed by atoms with Gasteiger partial charge >= 0.3 is 0 Å². The Morgan fingerprint density at radius 1 is 1.25 bits per heavy atom. The van der Waals surface area contributed by atoms with Crippen molar-refractivity contribution in [1.82, 2.24) is 19.9 Å². The molecule has 2 aromatic heterocycles. The van der Waals surface area contributed by atoms with E-state index in [4.69, 9.17) is 11.6 Å². The highest BCUT2D eigenvalue weighted by Crippen LogP contribution is 2.19. The molecule has 3 rings (SSSR count). The summed E-state index contributed by atoms with van der Waals surface area (Å²) in [7, 11) is 0. The lowest BCUT2D eigenvalue weighted by molar-refractivity contribution is 0.0934. The molecule has 24 heavy (non-hydrogen) atoms. The Hall–Kier alpha value is -2.05. The molecule has 2 heterocycles. The van der Waals surface area contributed by atoms with E-state index in [9.17, 15) is 4.79 Å². The van der Waals surface area contributed by atoms with Crippen LogP contribution in [-0.4, -0.2) is 32.5 Å². The van der Waals surface area contributed by atoms with Crippen LogP contribution in [0.25, 0.3) is 5.65 Å². The quantitative estimate of drug-likeness (QED) is 0.729. The van der Waals surface area contributed by atoms with Crippen LogP contribution in [0.5, 0.6) is 0 Å². The van der Waals surface area contributed by atoms with E-state index in [0.717, 1.165) is 23.6 Å². The number of carbonyl (C=O) groups is 1. The normalized spacial score (nSPS) is 12.2. The van der Waals surface area contributed by atoms with E-state index in [1.54, 1.807) is 36.0 Å². The highest BCUT2D eigenvalue weighted by Gasteiger charge is 2.20. The van der Waals surface area contributed by atoms with Crippen LogP contribution in [0.15, 0.2) is 48.7 Å². The van der Waals surface area contributed by atoms with Gasteiger partial charge in [0.15, 0.2) is 11.5 Å². The minimum atomic E-state index is -0.210. The summed E-state index contributed by atoms with van der Waals surface area (Å²) in [5.41, 5.74) is 1.34. The molecule has 124 valence electrons. The van der Waals surface area contributed by atoms with E-state index in [-0.39, 0.29) is 11.9 Å². The molecule has 0 fully saturated rings. The number of pyridine rings is 1. The molecule has 1 atom stereocenters. The molecule has 0 saturated heterocycles. The number of benzene rings is 1. The van der Waals surface area contributed by atoms with Crippen LogP contribution in [0.4, 0.5) is 0 Å². The number of rotatable bonds is 6. The van der Waals surface area contributed by atoms with Crippen molar-refractivity contribution in [2.75, 3.05) is 12.0 Å². The predicted octanol–water partition coefficient (Wildman–Crippen LogP) is 3.61. The van der Waals surface area contributed by atoms with E-state index >= 15 is 0 Å². The minimum Gasteiger partial charge on any atom is -0.342 e. The summed E-state index contributed by atoms with van der Waals surface area (Å²) in [6, 6.07) is 12.4. The molecule has 5 nitrogen and oxygen atoms in total. The number of carbonyl (C=O) groups excluding carboxylic acids is 1. The highest BCUT2D eigenvalue weighted by atomic mass is 35.5. The van der Waals surface area contributed by atoms with E-state index < -0.39 is 0 Å². The molecule has 0 aliphatic rings. The van der Waals surface area contributed by atoms with Gasteiger partial charge in [-0.3, -0.25) is 9.20 Å². The molecule has 1 aromatic carbocycles. The number of nitrogens with zero attached hydrogens (tertiary/aromatic N) is 3. The lowest BCUT2D eigenvalue weighted by Gasteiger charge is -2.17. The van der Waals surface area contributed by atoms with Gasteiger partial charge < -0.3 is 5.32 Å². The SMILES string of the molecule is CSCCC(NC(=O)c1ccc(Cl)cc1)c1nnc2ccccn12. The topological polar surface area (TPSA) is 59.3 Å². The summed E-state index contributed by atoms with van der Waals surface area (Å²) in [5, 5.41) is 12.1. The minimum absolute atomic E-state index is 0.148. The second-order valence-electron chi connectivity index (χ2n) is 5.30. The van der Waals surface area contributed by atoms with Gasteiger partial charge in [0.2, 0.25) is 0 Å². The molecular weight excluding hydrogens is 344 g/mol. The van der Waals surface area contributed by atoms with E-state index in [2.05, 4.69) is 15.5 Å². The second kappa shape index (κ2) is 7.68. The van der Waals surface area contributed by atoms with Crippen molar-refractivity contribution in [3.63, 3.8) is 0 Å². The van der Waals surface area contributed by atoms with Crippen LogP contribution < -0.4 is 5.32 Å². The molecule has 0 aliphatic carbocycles. The van der Waals surface area contributed by atoms with Gasteiger partial charge in [-0.1, -0.05) is 17.7 Å². The number of thioether (sulfide) groups is 1. The maximum absolute atomic E-state index is 12.5. The highest BCUT2D eigenvalue weighted by molar-refractivity contribution is 7.98. The average Bonchev–Trinajstić information content (AvgIpc) is 3.03. The standard InChI is InChI=1S/C17H17ClN4OS/c1-24-11-9-14(16-21-20-15-4-2-3-10-22(15)16)19-17(23)12-5-7-13(18)8-6-12/h2-8,10,14H,9,11H2,1H3,(H,19,23). The Bertz CT molecular complexity index is 834. The van der Waals surface area contributed by atoms with Gasteiger partial charge in [-0.25, -0.2) is 0 Å². The summed E-state index contributed by atoms with van der Waals surface area (Å²) >= 11 is 7.61. The van der Waals surface area contributed by atoms with Gasteiger partial charge in [0.25, 0.3) is 5.91 Å². The molecule has 1 amide bonds. The summed E-state index contributed by atoms with van der Waals surface area (Å²) in [6.07, 6.45) is 4.72. The first-order valence-corrected chi connectivity index (χ1v) is 9.31. The van der Waals surface area contributed by atoms with Crippen molar-refractivity contribution < 1.29 is 4.79 Å². The molecule has 1 N–H and O–H groups in total.